The minimum Gasteiger partial charge on any atom is -0.281 e. The van der Waals surface area contributed by atoms with E-state index in [4.69, 9.17) is 5.26 Å². The Morgan fingerprint density at radius 1 is 1.22 bits per heavy atom. The molecule has 0 aliphatic heterocycles. The number of nitriles is 1. The first-order valence-electron chi connectivity index (χ1n) is 5.89. The van der Waals surface area contributed by atoms with Gasteiger partial charge in [0.25, 0.3) is 0 Å². The van der Waals surface area contributed by atoms with Crippen LogP contribution < -0.4 is 5.32 Å². The molecule has 1 N–H and O–H groups in total. The Hall–Kier alpha value is -2.34. The molecule has 0 spiro atoms. The number of nitrogens with one attached hydrogen (secondary N) is 1. The van der Waals surface area contributed by atoms with Gasteiger partial charge in [-0.05, 0) is 30.2 Å². The third-order valence-electron chi connectivity index (χ3n) is 2.90. The largest absolute Gasteiger partial charge is 0.281 e. The van der Waals surface area contributed by atoms with E-state index in [0.717, 1.165) is 0 Å². The highest BCUT2D eigenvalue weighted by molar-refractivity contribution is 5.87. The molecule has 18 heavy (non-hydrogen) atoms. The molecule has 0 fully saturated rings. The Bertz CT molecular complexity index is 618. The van der Waals surface area contributed by atoms with Crippen LogP contribution >= 0.6 is 0 Å². The van der Waals surface area contributed by atoms with Crippen LogP contribution in [0.4, 0.5) is 0 Å². The number of amidine groups is 1. The van der Waals surface area contributed by atoms with Gasteiger partial charge in [0.15, 0.2) is 6.19 Å². The molecule has 0 saturated carbocycles. The fourth-order valence-electron chi connectivity index (χ4n) is 2.09. The lowest BCUT2D eigenvalue weighted by molar-refractivity contribution is 0.820. The van der Waals surface area contributed by atoms with Crippen LogP contribution in [0.2, 0.25) is 0 Å². The summed E-state index contributed by atoms with van der Waals surface area (Å²) < 4.78 is 0. The fraction of sp³-hybridized carbons (Fsp3) is 0.200. The summed E-state index contributed by atoms with van der Waals surface area (Å²) in [4.78, 5) is 4.47. The lowest BCUT2D eigenvalue weighted by atomic mass is 10.00. The van der Waals surface area contributed by atoms with Crippen molar-refractivity contribution in [1.82, 2.24) is 5.32 Å². The van der Waals surface area contributed by atoms with Crippen LogP contribution in [0.25, 0.3) is 10.8 Å². The lowest BCUT2D eigenvalue weighted by Crippen LogP contribution is -2.14. The van der Waals surface area contributed by atoms with Crippen molar-refractivity contribution in [2.24, 2.45) is 4.99 Å². The van der Waals surface area contributed by atoms with E-state index >= 15 is 0 Å². The van der Waals surface area contributed by atoms with Gasteiger partial charge < -0.3 is 0 Å². The zero-order chi connectivity index (χ0) is 13.0. The van der Waals surface area contributed by atoms with E-state index in [0.29, 0.717) is 5.84 Å². The molecule has 0 unspecified atom stereocenters. The van der Waals surface area contributed by atoms with Gasteiger partial charge in [-0.15, -0.1) is 0 Å². The fourth-order valence-corrected chi connectivity index (χ4v) is 2.09. The minimum absolute atomic E-state index is 0.0250. The predicted octanol–water partition coefficient (Wildman–Crippen LogP) is 3.39. The summed E-state index contributed by atoms with van der Waals surface area (Å²) in [6, 6.07) is 14.5. The highest BCUT2D eigenvalue weighted by atomic mass is 15.0. The standard InChI is InChI=1S/C15H15N3/c1-11(18-12(2)17-10-16)14-9-5-7-13-6-3-4-8-15(13)14/h3-9,11H,1-2H3,(H,17,18)/t11-/m1/s1. The van der Waals surface area contributed by atoms with E-state index in [9.17, 15) is 0 Å². The van der Waals surface area contributed by atoms with Crippen LogP contribution in [0.5, 0.6) is 0 Å². The summed E-state index contributed by atoms with van der Waals surface area (Å²) in [5.41, 5.74) is 1.17. The maximum atomic E-state index is 8.55. The smallest absolute Gasteiger partial charge is 0.182 e. The highest BCUT2D eigenvalue weighted by Gasteiger charge is 2.07. The van der Waals surface area contributed by atoms with Gasteiger partial charge in [0, 0.05) is 0 Å². The van der Waals surface area contributed by atoms with Crippen LogP contribution in [0.1, 0.15) is 25.5 Å². The van der Waals surface area contributed by atoms with Gasteiger partial charge in [0.1, 0.15) is 5.84 Å². The highest BCUT2D eigenvalue weighted by Crippen LogP contribution is 2.26. The molecule has 0 heterocycles. The number of hydrogen-bond acceptors (Lipinski definition) is 2. The number of hydrogen-bond donors (Lipinski definition) is 1. The third kappa shape index (κ3) is 2.49. The van der Waals surface area contributed by atoms with Gasteiger partial charge in [-0.2, -0.15) is 5.26 Å². The zero-order valence-electron chi connectivity index (χ0n) is 10.5. The number of benzene rings is 2. The van der Waals surface area contributed by atoms with Crippen molar-refractivity contribution in [3.63, 3.8) is 0 Å². The molecular formula is C15H15N3. The normalized spacial score (nSPS) is 13.1. The van der Waals surface area contributed by atoms with Crippen molar-refractivity contribution in [2.75, 3.05) is 0 Å². The first kappa shape index (κ1) is 12.1. The number of rotatable bonds is 2. The van der Waals surface area contributed by atoms with Crippen LogP contribution in [0.15, 0.2) is 47.5 Å². The van der Waals surface area contributed by atoms with E-state index in [-0.39, 0.29) is 6.04 Å². The van der Waals surface area contributed by atoms with Crippen molar-refractivity contribution in [2.45, 2.75) is 19.9 Å². The van der Waals surface area contributed by atoms with Gasteiger partial charge >= 0.3 is 0 Å². The second kappa shape index (κ2) is 5.33. The molecule has 2 rings (SSSR count). The van der Waals surface area contributed by atoms with Crippen LogP contribution in [-0.4, -0.2) is 5.84 Å². The molecule has 2 aromatic carbocycles. The van der Waals surface area contributed by atoms with Gasteiger partial charge in [-0.1, -0.05) is 42.5 Å². The Labute approximate surface area is 107 Å². The van der Waals surface area contributed by atoms with Gasteiger partial charge in [-0.3, -0.25) is 10.3 Å². The Kier molecular flexibility index (Phi) is 3.59. The number of nitrogens with zero attached hydrogens (tertiary/aromatic N) is 2. The zero-order valence-corrected chi connectivity index (χ0v) is 10.5. The van der Waals surface area contributed by atoms with Crippen molar-refractivity contribution < 1.29 is 0 Å². The summed E-state index contributed by atoms with van der Waals surface area (Å²) >= 11 is 0. The van der Waals surface area contributed by atoms with Crippen LogP contribution in [0, 0.1) is 11.5 Å². The Morgan fingerprint density at radius 3 is 2.72 bits per heavy atom. The van der Waals surface area contributed by atoms with E-state index < -0.39 is 0 Å². The van der Waals surface area contributed by atoms with E-state index in [1.54, 1.807) is 6.92 Å². The topological polar surface area (TPSA) is 48.2 Å². The van der Waals surface area contributed by atoms with Gasteiger partial charge in [0.2, 0.25) is 0 Å². The molecule has 0 saturated heterocycles. The summed E-state index contributed by atoms with van der Waals surface area (Å²) in [5, 5.41) is 13.5. The Morgan fingerprint density at radius 2 is 1.94 bits per heavy atom. The van der Waals surface area contributed by atoms with E-state index in [1.807, 2.05) is 31.3 Å². The minimum atomic E-state index is 0.0250. The van der Waals surface area contributed by atoms with Crippen molar-refractivity contribution in [3.05, 3.63) is 48.0 Å². The molecule has 0 aliphatic carbocycles. The SMILES string of the molecule is CC(=N[C@H](C)c1cccc2ccccc12)NC#N. The molecule has 0 bridgehead atoms. The first-order valence-corrected chi connectivity index (χ1v) is 5.89. The molecule has 90 valence electrons. The molecule has 0 aliphatic rings. The summed E-state index contributed by atoms with van der Waals surface area (Å²) in [7, 11) is 0. The molecule has 3 heteroatoms. The molecule has 0 radical (unpaired) electrons. The second-order valence-electron chi connectivity index (χ2n) is 4.20. The van der Waals surface area contributed by atoms with E-state index in [1.165, 1.54) is 16.3 Å². The summed E-state index contributed by atoms with van der Waals surface area (Å²) in [6.45, 7) is 3.83. The maximum Gasteiger partial charge on any atom is 0.182 e. The van der Waals surface area contributed by atoms with Crippen molar-refractivity contribution in [1.29, 1.82) is 5.26 Å². The second-order valence-corrected chi connectivity index (χ2v) is 4.20. The molecule has 0 amide bonds. The Balaban J connectivity index is 2.42. The van der Waals surface area contributed by atoms with Crippen LogP contribution in [0.3, 0.4) is 0 Å². The molecule has 3 nitrogen and oxygen atoms in total. The predicted molar refractivity (Wildman–Crippen MR) is 74.2 cm³/mol. The van der Waals surface area contributed by atoms with Crippen molar-refractivity contribution in [3.8, 4) is 6.19 Å². The van der Waals surface area contributed by atoms with Crippen molar-refractivity contribution >= 4 is 16.6 Å². The molecule has 0 aromatic heterocycles. The van der Waals surface area contributed by atoms with E-state index in [2.05, 4.69) is 34.6 Å². The molecule has 2 aromatic rings. The number of fused-ring (bicyclic) bond motifs is 1. The summed E-state index contributed by atoms with van der Waals surface area (Å²) in [5.74, 6) is 0.637. The third-order valence-corrected chi connectivity index (χ3v) is 2.90. The van der Waals surface area contributed by atoms with Gasteiger partial charge in [-0.25, -0.2) is 0 Å². The van der Waals surface area contributed by atoms with Gasteiger partial charge in [0.05, 0.1) is 6.04 Å². The monoisotopic (exact) mass is 237 g/mol. The summed E-state index contributed by atoms with van der Waals surface area (Å²) in [6.07, 6.45) is 1.88. The molecule has 1 atom stereocenters. The maximum absolute atomic E-state index is 8.55. The average molecular weight is 237 g/mol. The number of aliphatic imine (C=N–C) groups is 1. The van der Waals surface area contributed by atoms with Crippen LogP contribution in [-0.2, 0) is 0 Å². The lowest BCUT2D eigenvalue weighted by Gasteiger charge is -2.11. The average Bonchev–Trinajstić information content (AvgIpc) is 2.38. The first-order chi connectivity index (χ1) is 8.72. The molecular weight excluding hydrogens is 222 g/mol. The quantitative estimate of drug-likeness (QED) is 0.376.